The van der Waals surface area contributed by atoms with Gasteiger partial charge in [0.25, 0.3) is 5.91 Å². The zero-order valence-corrected chi connectivity index (χ0v) is 15.9. The molecule has 2 aliphatic rings. The van der Waals surface area contributed by atoms with E-state index < -0.39 is 0 Å². The second-order valence-electron chi connectivity index (χ2n) is 6.76. The number of hydrogen-bond donors (Lipinski definition) is 1. The summed E-state index contributed by atoms with van der Waals surface area (Å²) in [6.45, 7) is 6.57. The Morgan fingerprint density at radius 1 is 1.19 bits per heavy atom. The van der Waals surface area contributed by atoms with Crippen LogP contribution in [0.5, 0.6) is 0 Å². The van der Waals surface area contributed by atoms with E-state index in [1.807, 2.05) is 4.90 Å². The predicted molar refractivity (Wildman–Crippen MR) is 102 cm³/mol. The molecule has 0 spiro atoms. The van der Waals surface area contributed by atoms with Gasteiger partial charge in [-0.05, 0) is 31.0 Å². The SMILES string of the molecule is CCC(=O)Nc1cc(Cl)ccc1C(=O)N1CCN(C2CCOCC2)CC1. The number of halogens is 1. The van der Waals surface area contributed by atoms with Gasteiger partial charge in [0.15, 0.2) is 0 Å². The van der Waals surface area contributed by atoms with Crippen molar-refractivity contribution in [3.05, 3.63) is 28.8 Å². The van der Waals surface area contributed by atoms with Gasteiger partial charge in [-0.3, -0.25) is 14.5 Å². The van der Waals surface area contributed by atoms with Gasteiger partial charge in [0, 0.05) is 56.9 Å². The molecule has 26 heavy (non-hydrogen) atoms. The van der Waals surface area contributed by atoms with Gasteiger partial charge in [-0.15, -0.1) is 0 Å². The Morgan fingerprint density at radius 2 is 1.88 bits per heavy atom. The summed E-state index contributed by atoms with van der Waals surface area (Å²) in [6.07, 6.45) is 2.49. The Hall–Kier alpha value is -1.63. The first-order chi connectivity index (χ1) is 12.6. The molecule has 0 aliphatic carbocycles. The number of rotatable bonds is 4. The van der Waals surface area contributed by atoms with Crippen molar-refractivity contribution < 1.29 is 14.3 Å². The molecule has 0 radical (unpaired) electrons. The van der Waals surface area contributed by atoms with E-state index in [9.17, 15) is 9.59 Å². The molecule has 2 saturated heterocycles. The summed E-state index contributed by atoms with van der Waals surface area (Å²) in [5.74, 6) is -0.189. The molecular formula is C19H26ClN3O3. The summed E-state index contributed by atoms with van der Waals surface area (Å²) in [5.41, 5.74) is 0.983. The highest BCUT2D eigenvalue weighted by atomic mass is 35.5. The maximum absolute atomic E-state index is 13.0. The van der Waals surface area contributed by atoms with Crippen molar-refractivity contribution >= 4 is 29.1 Å². The summed E-state index contributed by atoms with van der Waals surface area (Å²) < 4.78 is 5.43. The molecule has 0 bridgehead atoms. The average Bonchev–Trinajstić information content (AvgIpc) is 2.68. The Labute approximate surface area is 159 Å². The van der Waals surface area contributed by atoms with Gasteiger partial charge < -0.3 is 15.0 Å². The van der Waals surface area contributed by atoms with E-state index in [0.29, 0.717) is 41.8 Å². The maximum atomic E-state index is 13.0. The molecule has 1 aromatic carbocycles. The van der Waals surface area contributed by atoms with E-state index in [4.69, 9.17) is 16.3 Å². The second kappa shape index (κ2) is 8.84. The first-order valence-electron chi connectivity index (χ1n) is 9.29. The zero-order chi connectivity index (χ0) is 18.5. The van der Waals surface area contributed by atoms with Crippen LogP contribution in [0.4, 0.5) is 5.69 Å². The predicted octanol–water partition coefficient (Wildman–Crippen LogP) is 2.63. The van der Waals surface area contributed by atoms with Gasteiger partial charge in [-0.2, -0.15) is 0 Å². The van der Waals surface area contributed by atoms with E-state index in [1.165, 1.54) is 0 Å². The molecule has 2 aliphatic heterocycles. The van der Waals surface area contributed by atoms with Gasteiger partial charge in [-0.25, -0.2) is 0 Å². The van der Waals surface area contributed by atoms with Crippen LogP contribution in [-0.4, -0.2) is 67.0 Å². The normalized spacial score (nSPS) is 19.4. The maximum Gasteiger partial charge on any atom is 0.256 e. The van der Waals surface area contributed by atoms with Gasteiger partial charge in [0.2, 0.25) is 5.91 Å². The third-order valence-corrected chi connectivity index (χ3v) is 5.35. The van der Waals surface area contributed by atoms with Crippen LogP contribution in [0.2, 0.25) is 5.02 Å². The number of carbonyl (C=O) groups excluding carboxylic acids is 2. The van der Waals surface area contributed by atoms with Crippen LogP contribution in [0.15, 0.2) is 18.2 Å². The van der Waals surface area contributed by atoms with Crippen molar-refractivity contribution in [1.29, 1.82) is 0 Å². The Bertz CT molecular complexity index is 653. The van der Waals surface area contributed by atoms with Gasteiger partial charge in [0.1, 0.15) is 0 Å². The fourth-order valence-electron chi connectivity index (χ4n) is 3.56. The number of ether oxygens (including phenoxy) is 1. The minimum Gasteiger partial charge on any atom is -0.381 e. The minimum atomic E-state index is -0.134. The fourth-order valence-corrected chi connectivity index (χ4v) is 3.73. The Morgan fingerprint density at radius 3 is 2.54 bits per heavy atom. The fraction of sp³-hybridized carbons (Fsp3) is 0.579. The van der Waals surface area contributed by atoms with E-state index >= 15 is 0 Å². The zero-order valence-electron chi connectivity index (χ0n) is 15.2. The van der Waals surface area contributed by atoms with Crippen molar-refractivity contribution in [3.63, 3.8) is 0 Å². The number of nitrogens with zero attached hydrogens (tertiary/aromatic N) is 2. The van der Waals surface area contributed by atoms with E-state index in [-0.39, 0.29) is 11.8 Å². The standard InChI is InChI=1S/C19H26ClN3O3/c1-2-18(24)21-17-13-14(20)3-4-16(17)19(25)23-9-7-22(8-10-23)15-5-11-26-12-6-15/h3-4,13,15H,2,5-12H2,1H3,(H,21,24). The van der Waals surface area contributed by atoms with Crippen LogP contribution in [0.3, 0.4) is 0 Å². The number of carbonyl (C=O) groups is 2. The third-order valence-electron chi connectivity index (χ3n) is 5.12. The molecule has 1 N–H and O–H groups in total. The number of piperazine rings is 1. The highest BCUT2D eigenvalue weighted by Crippen LogP contribution is 2.24. The molecular weight excluding hydrogens is 354 g/mol. The molecule has 3 rings (SSSR count). The Kier molecular flexibility index (Phi) is 6.51. The lowest BCUT2D eigenvalue weighted by Crippen LogP contribution is -2.53. The number of nitrogens with one attached hydrogen (secondary N) is 1. The number of amides is 2. The molecule has 7 heteroatoms. The molecule has 1 aromatic rings. The van der Waals surface area contributed by atoms with E-state index in [0.717, 1.165) is 39.1 Å². The van der Waals surface area contributed by atoms with E-state index in [1.54, 1.807) is 25.1 Å². The van der Waals surface area contributed by atoms with Crippen LogP contribution in [0, 0.1) is 0 Å². The number of hydrogen-bond acceptors (Lipinski definition) is 4. The van der Waals surface area contributed by atoms with Gasteiger partial charge >= 0.3 is 0 Å². The molecule has 2 heterocycles. The number of benzene rings is 1. The minimum absolute atomic E-state index is 0.0558. The summed E-state index contributed by atoms with van der Waals surface area (Å²) >= 11 is 6.05. The molecule has 2 fully saturated rings. The first-order valence-corrected chi connectivity index (χ1v) is 9.66. The molecule has 0 saturated carbocycles. The average molecular weight is 380 g/mol. The molecule has 0 aromatic heterocycles. The second-order valence-corrected chi connectivity index (χ2v) is 7.20. The lowest BCUT2D eigenvalue weighted by Gasteiger charge is -2.40. The van der Waals surface area contributed by atoms with Crippen LogP contribution >= 0.6 is 11.6 Å². The van der Waals surface area contributed by atoms with Crippen molar-refractivity contribution in [1.82, 2.24) is 9.80 Å². The summed E-state index contributed by atoms with van der Waals surface area (Å²) in [7, 11) is 0. The topological polar surface area (TPSA) is 61.9 Å². The van der Waals surface area contributed by atoms with Crippen molar-refractivity contribution in [2.24, 2.45) is 0 Å². The van der Waals surface area contributed by atoms with Crippen molar-refractivity contribution in [3.8, 4) is 0 Å². The van der Waals surface area contributed by atoms with Crippen LogP contribution in [-0.2, 0) is 9.53 Å². The summed E-state index contributed by atoms with van der Waals surface area (Å²) in [5, 5.41) is 3.28. The monoisotopic (exact) mass is 379 g/mol. The van der Waals surface area contributed by atoms with E-state index in [2.05, 4.69) is 10.2 Å². The van der Waals surface area contributed by atoms with Crippen LogP contribution in [0.1, 0.15) is 36.5 Å². The van der Waals surface area contributed by atoms with Crippen molar-refractivity contribution in [2.45, 2.75) is 32.2 Å². The molecule has 0 unspecified atom stereocenters. The Balaban J connectivity index is 1.65. The number of anilines is 1. The third kappa shape index (κ3) is 4.55. The molecule has 6 nitrogen and oxygen atoms in total. The lowest BCUT2D eigenvalue weighted by atomic mass is 10.1. The summed E-state index contributed by atoms with van der Waals surface area (Å²) in [4.78, 5) is 29.1. The largest absolute Gasteiger partial charge is 0.381 e. The van der Waals surface area contributed by atoms with Gasteiger partial charge in [-0.1, -0.05) is 18.5 Å². The van der Waals surface area contributed by atoms with Gasteiger partial charge in [0.05, 0.1) is 11.3 Å². The highest BCUT2D eigenvalue weighted by molar-refractivity contribution is 6.31. The smallest absolute Gasteiger partial charge is 0.256 e. The molecule has 142 valence electrons. The van der Waals surface area contributed by atoms with Crippen molar-refractivity contribution in [2.75, 3.05) is 44.7 Å². The summed E-state index contributed by atoms with van der Waals surface area (Å²) in [6, 6.07) is 5.59. The lowest BCUT2D eigenvalue weighted by molar-refractivity contribution is -0.115. The molecule has 0 atom stereocenters. The van der Waals surface area contributed by atoms with Crippen LogP contribution in [0.25, 0.3) is 0 Å². The quantitative estimate of drug-likeness (QED) is 0.873. The first kappa shape index (κ1) is 19.1. The van der Waals surface area contributed by atoms with Crippen LogP contribution < -0.4 is 5.32 Å². The molecule has 2 amide bonds. The highest BCUT2D eigenvalue weighted by Gasteiger charge is 2.28.